The number of carbonyl (C=O) groups is 1. The van der Waals surface area contributed by atoms with Gasteiger partial charge in [0.15, 0.2) is 0 Å². The third kappa shape index (κ3) is 2.74. The van der Waals surface area contributed by atoms with E-state index in [9.17, 15) is 4.79 Å². The van der Waals surface area contributed by atoms with E-state index >= 15 is 0 Å². The molecule has 92 valence electrons. The van der Waals surface area contributed by atoms with Crippen molar-refractivity contribution in [1.29, 1.82) is 0 Å². The van der Waals surface area contributed by atoms with Crippen molar-refractivity contribution >= 4 is 5.97 Å². The van der Waals surface area contributed by atoms with Gasteiger partial charge in [0, 0.05) is 13.2 Å². The highest BCUT2D eigenvalue weighted by molar-refractivity contribution is 5.75. The van der Waals surface area contributed by atoms with E-state index in [1.54, 1.807) is 0 Å². The lowest BCUT2D eigenvalue weighted by Gasteiger charge is -2.29. The van der Waals surface area contributed by atoms with E-state index in [0.717, 1.165) is 39.0 Å². The van der Waals surface area contributed by atoms with Crippen LogP contribution in [0.1, 0.15) is 32.1 Å². The molecule has 0 saturated carbocycles. The van der Waals surface area contributed by atoms with E-state index in [2.05, 4.69) is 4.90 Å². The van der Waals surface area contributed by atoms with Crippen molar-refractivity contribution < 1.29 is 14.3 Å². The maximum absolute atomic E-state index is 11.6. The SMILES string of the molecule is COC(=O)C1CCCN1CC1CCCCO1. The minimum Gasteiger partial charge on any atom is -0.468 e. The molecule has 0 aliphatic carbocycles. The van der Waals surface area contributed by atoms with Gasteiger partial charge in [0.2, 0.25) is 0 Å². The monoisotopic (exact) mass is 227 g/mol. The normalized spacial score (nSPS) is 31.6. The summed E-state index contributed by atoms with van der Waals surface area (Å²) >= 11 is 0. The maximum atomic E-state index is 11.6. The summed E-state index contributed by atoms with van der Waals surface area (Å²) in [5.41, 5.74) is 0. The van der Waals surface area contributed by atoms with Crippen LogP contribution in [0.5, 0.6) is 0 Å². The van der Waals surface area contributed by atoms with Crippen molar-refractivity contribution in [3.05, 3.63) is 0 Å². The molecule has 0 aromatic carbocycles. The predicted molar refractivity (Wildman–Crippen MR) is 60.2 cm³/mol. The molecule has 2 fully saturated rings. The molecule has 2 rings (SSSR count). The van der Waals surface area contributed by atoms with Gasteiger partial charge in [-0.05, 0) is 38.6 Å². The number of ether oxygens (including phenoxy) is 2. The highest BCUT2D eigenvalue weighted by atomic mass is 16.5. The maximum Gasteiger partial charge on any atom is 0.323 e. The van der Waals surface area contributed by atoms with Crippen molar-refractivity contribution in [1.82, 2.24) is 4.90 Å². The van der Waals surface area contributed by atoms with Gasteiger partial charge in [-0.25, -0.2) is 0 Å². The van der Waals surface area contributed by atoms with Crippen molar-refractivity contribution in [2.75, 3.05) is 26.8 Å². The third-order valence-corrected chi connectivity index (χ3v) is 3.55. The fraction of sp³-hybridized carbons (Fsp3) is 0.917. The fourth-order valence-electron chi connectivity index (χ4n) is 2.66. The molecule has 2 unspecified atom stereocenters. The molecule has 2 atom stereocenters. The lowest BCUT2D eigenvalue weighted by atomic mass is 10.1. The zero-order valence-corrected chi connectivity index (χ0v) is 9.98. The number of rotatable bonds is 3. The Bertz CT molecular complexity index is 238. The van der Waals surface area contributed by atoms with Crippen LogP contribution in [-0.4, -0.2) is 49.8 Å². The lowest BCUT2D eigenvalue weighted by Crippen LogP contribution is -2.42. The van der Waals surface area contributed by atoms with E-state index in [1.165, 1.54) is 20.0 Å². The number of carbonyl (C=O) groups excluding carboxylic acids is 1. The molecule has 4 heteroatoms. The molecule has 0 aromatic rings. The number of methoxy groups -OCH3 is 1. The molecule has 0 N–H and O–H groups in total. The van der Waals surface area contributed by atoms with Gasteiger partial charge in [-0.1, -0.05) is 0 Å². The van der Waals surface area contributed by atoms with Gasteiger partial charge in [-0.3, -0.25) is 9.69 Å². The first kappa shape index (κ1) is 11.9. The molecule has 0 amide bonds. The first-order valence-electron chi connectivity index (χ1n) is 6.24. The van der Waals surface area contributed by atoms with Crippen LogP contribution < -0.4 is 0 Å². The zero-order chi connectivity index (χ0) is 11.4. The van der Waals surface area contributed by atoms with E-state index in [1.807, 2.05) is 0 Å². The molecule has 0 spiro atoms. The van der Waals surface area contributed by atoms with E-state index in [4.69, 9.17) is 9.47 Å². The molecular formula is C12H21NO3. The second-order valence-corrected chi connectivity index (χ2v) is 4.66. The highest BCUT2D eigenvalue weighted by Gasteiger charge is 2.33. The molecule has 4 nitrogen and oxygen atoms in total. The van der Waals surface area contributed by atoms with Crippen molar-refractivity contribution in [3.8, 4) is 0 Å². The van der Waals surface area contributed by atoms with Gasteiger partial charge >= 0.3 is 5.97 Å². The molecule has 0 aromatic heterocycles. The standard InChI is InChI=1S/C12H21NO3/c1-15-12(14)11-6-4-7-13(11)9-10-5-2-3-8-16-10/h10-11H,2-9H2,1H3. The summed E-state index contributed by atoms with van der Waals surface area (Å²) in [5, 5.41) is 0. The summed E-state index contributed by atoms with van der Waals surface area (Å²) in [6, 6.07) is -0.0319. The van der Waals surface area contributed by atoms with Crippen LogP contribution in [0.4, 0.5) is 0 Å². The molecule has 0 radical (unpaired) electrons. The predicted octanol–water partition coefficient (Wildman–Crippen LogP) is 1.19. The topological polar surface area (TPSA) is 38.8 Å². The molecule has 16 heavy (non-hydrogen) atoms. The Balaban J connectivity index is 1.85. The van der Waals surface area contributed by atoms with Gasteiger partial charge in [-0.2, -0.15) is 0 Å². The summed E-state index contributed by atoms with van der Waals surface area (Å²) in [5.74, 6) is -0.0895. The molecule has 2 saturated heterocycles. The van der Waals surface area contributed by atoms with Gasteiger partial charge < -0.3 is 9.47 Å². The van der Waals surface area contributed by atoms with Crippen LogP contribution in [0.25, 0.3) is 0 Å². The van der Waals surface area contributed by atoms with E-state index < -0.39 is 0 Å². The van der Waals surface area contributed by atoms with Crippen LogP contribution in [0, 0.1) is 0 Å². The molecule has 0 bridgehead atoms. The van der Waals surface area contributed by atoms with E-state index in [0.29, 0.717) is 6.10 Å². The van der Waals surface area contributed by atoms with Crippen LogP contribution in [0.3, 0.4) is 0 Å². The Labute approximate surface area is 96.9 Å². The van der Waals surface area contributed by atoms with Crippen LogP contribution >= 0.6 is 0 Å². The number of hydrogen-bond donors (Lipinski definition) is 0. The van der Waals surface area contributed by atoms with Crippen LogP contribution in [0.2, 0.25) is 0 Å². The van der Waals surface area contributed by atoms with Gasteiger partial charge in [0.05, 0.1) is 13.2 Å². The van der Waals surface area contributed by atoms with Crippen molar-refractivity contribution in [3.63, 3.8) is 0 Å². The lowest BCUT2D eigenvalue weighted by molar-refractivity contribution is -0.146. The molecule has 2 heterocycles. The highest BCUT2D eigenvalue weighted by Crippen LogP contribution is 2.21. The van der Waals surface area contributed by atoms with Crippen molar-refractivity contribution in [2.24, 2.45) is 0 Å². The van der Waals surface area contributed by atoms with Gasteiger partial charge in [0.25, 0.3) is 0 Å². The quantitative estimate of drug-likeness (QED) is 0.679. The van der Waals surface area contributed by atoms with Crippen LogP contribution in [-0.2, 0) is 14.3 Å². The van der Waals surface area contributed by atoms with Crippen molar-refractivity contribution in [2.45, 2.75) is 44.2 Å². The molecule has 2 aliphatic heterocycles. The van der Waals surface area contributed by atoms with E-state index in [-0.39, 0.29) is 12.0 Å². The summed E-state index contributed by atoms with van der Waals surface area (Å²) in [4.78, 5) is 13.8. The Morgan fingerprint density at radius 3 is 2.94 bits per heavy atom. The Hall–Kier alpha value is -0.610. The number of nitrogens with zero attached hydrogens (tertiary/aromatic N) is 1. The minimum absolute atomic E-state index is 0.0319. The second kappa shape index (κ2) is 5.64. The second-order valence-electron chi connectivity index (χ2n) is 4.66. The third-order valence-electron chi connectivity index (χ3n) is 3.55. The first-order chi connectivity index (χ1) is 7.81. The molecular weight excluding hydrogens is 206 g/mol. The average Bonchev–Trinajstić information content (AvgIpc) is 2.77. The molecule has 2 aliphatic rings. The fourth-order valence-corrected chi connectivity index (χ4v) is 2.66. The average molecular weight is 227 g/mol. The van der Waals surface area contributed by atoms with Gasteiger partial charge in [0.1, 0.15) is 6.04 Å². The van der Waals surface area contributed by atoms with Gasteiger partial charge in [-0.15, -0.1) is 0 Å². The Kier molecular flexibility index (Phi) is 4.18. The zero-order valence-electron chi connectivity index (χ0n) is 9.98. The number of hydrogen-bond acceptors (Lipinski definition) is 4. The first-order valence-corrected chi connectivity index (χ1v) is 6.24. The summed E-state index contributed by atoms with van der Waals surface area (Å²) in [7, 11) is 1.47. The number of likely N-dealkylation sites (tertiary alicyclic amines) is 1. The summed E-state index contributed by atoms with van der Waals surface area (Å²) < 4.78 is 10.5. The number of esters is 1. The smallest absolute Gasteiger partial charge is 0.323 e. The minimum atomic E-state index is -0.0895. The van der Waals surface area contributed by atoms with Crippen LogP contribution in [0.15, 0.2) is 0 Å². The largest absolute Gasteiger partial charge is 0.468 e. The Morgan fingerprint density at radius 1 is 1.38 bits per heavy atom. The Morgan fingerprint density at radius 2 is 2.25 bits per heavy atom. The summed E-state index contributed by atoms with van der Waals surface area (Å²) in [6.07, 6.45) is 5.90. The summed E-state index contributed by atoms with van der Waals surface area (Å²) in [6.45, 7) is 2.76.